The molecule has 2 aliphatic rings. The van der Waals surface area contributed by atoms with Gasteiger partial charge < -0.3 is 5.32 Å². The fourth-order valence-corrected chi connectivity index (χ4v) is 4.24. The third kappa shape index (κ3) is 4.06. The Morgan fingerprint density at radius 1 is 1.29 bits per heavy atom. The van der Waals surface area contributed by atoms with E-state index in [9.17, 15) is 14.9 Å². The van der Waals surface area contributed by atoms with Gasteiger partial charge in [-0.1, -0.05) is 18.2 Å². The van der Waals surface area contributed by atoms with Crippen molar-refractivity contribution in [2.75, 3.05) is 12.3 Å². The van der Waals surface area contributed by atoms with Gasteiger partial charge >= 0.3 is 0 Å². The summed E-state index contributed by atoms with van der Waals surface area (Å²) in [4.78, 5) is 24.4. The maximum atomic E-state index is 12.4. The first-order valence-electron chi connectivity index (χ1n) is 8.25. The van der Waals surface area contributed by atoms with Crippen molar-refractivity contribution in [2.45, 2.75) is 42.3 Å². The quantitative estimate of drug-likeness (QED) is 0.309. The van der Waals surface area contributed by atoms with E-state index in [0.717, 1.165) is 12.2 Å². The Morgan fingerprint density at radius 3 is 2.83 bits per heavy atom. The zero-order chi connectivity index (χ0) is 16.9. The molecule has 24 heavy (non-hydrogen) atoms. The van der Waals surface area contributed by atoms with E-state index in [1.165, 1.54) is 4.90 Å². The number of nitro groups is 1. The standard InChI is InChI=1S/C16H22N4O3S/c21-16(17-8-9-24-12-4-2-1-3-5-12)15-13-10-11(20(22)23)6-7-14(13)18-19-15/h1-5,11,13-15,18-19H,6-10H2,(H,17,21). The molecule has 4 atom stereocenters. The van der Waals surface area contributed by atoms with Crippen LogP contribution in [-0.4, -0.2) is 41.3 Å². The number of hydrogen-bond acceptors (Lipinski definition) is 6. The zero-order valence-corrected chi connectivity index (χ0v) is 14.1. The van der Waals surface area contributed by atoms with Crippen LogP contribution in [0, 0.1) is 16.0 Å². The largest absolute Gasteiger partial charge is 0.354 e. The van der Waals surface area contributed by atoms with Crippen molar-refractivity contribution >= 4 is 17.7 Å². The maximum absolute atomic E-state index is 12.4. The van der Waals surface area contributed by atoms with E-state index in [2.05, 4.69) is 16.2 Å². The monoisotopic (exact) mass is 350 g/mol. The van der Waals surface area contributed by atoms with Gasteiger partial charge in [-0.2, -0.15) is 0 Å². The van der Waals surface area contributed by atoms with Crippen LogP contribution in [0.1, 0.15) is 19.3 Å². The van der Waals surface area contributed by atoms with Crippen LogP contribution in [0.2, 0.25) is 0 Å². The van der Waals surface area contributed by atoms with E-state index in [-0.39, 0.29) is 28.8 Å². The van der Waals surface area contributed by atoms with Crippen molar-refractivity contribution in [3.8, 4) is 0 Å². The smallest absolute Gasteiger partial charge is 0.238 e. The minimum atomic E-state index is -0.531. The summed E-state index contributed by atoms with van der Waals surface area (Å²) < 4.78 is 0. The molecule has 1 saturated carbocycles. The van der Waals surface area contributed by atoms with Gasteiger partial charge in [-0.25, -0.2) is 5.43 Å². The van der Waals surface area contributed by atoms with Crippen molar-refractivity contribution in [3.05, 3.63) is 40.4 Å². The number of carbonyl (C=O) groups excluding carboxylic acids is 1. The molecule has 0 bridgehead atoms. The second-order valence-electron chi connectivity index (χ2n) is 6.24. The van der Waals surface area contributed by atoms with Crippen molar-refractivity contribution in [1.82, 2.24) is 16.2 Å². The first-order valence-corrected chi connectivity index (χ1v) is 9.24. The Hall–Kier alpha value is -1.64. The molecule has 1 aliphatic heterocycles. The highest BCUT2D eigenvalue weighted by Crippen LogP contribution is 2.31. The molecule has 0 spiro atoms. The number of carbonyl (C=O) groups is 1. The fraction of sp³-hybridized carbons (Fsp3) is 0.562. The van der Waals surface area contributed by atoms with E-state index in [0.29, 0.717) is 19.4 Å². The lowest BCUT2D eigenvalue weighted by molar-refractivity contribution is -0.528. The van der Waals surface area contributed by atoms with Gasteiger partial charge in [0.15, 0.2) is 0 Å². The molecule has 4 unspecified atom stereocenters. The third-order valence-corrected chi connectivity index (χ3v) is 5.73. The number of thioether (sulfide) groups is 1. The highest BCUT2D eigenvalue weighted by atomic mass is 32.2. The molecule has 0 aromatic heterocycles. The van der Waals surface area contributed by atoms with Gasteiger partial charge in [0.1, 0.15) is 6.04 Å². The number of nitrogens with one attached hydrogen (secondary N) is 3. The van der Waals surface area contributed by atoms with Crippen molar-refractivity contribution in [3.63, 3.8) is 0 Å². The van der Waals surface area contributed by atoms with Gasteiger partial charge in [0.05, 0.1) is 0 Å². The summed E-state index contributed by atoms with van der Waals surface area (Å²) in [6.07, 6.45) is 1.76. The summed E-state index contributed by atoms with van der Waals surface area (Å²) in [6, 6.07) is 9.27. The summed E-state index contributed by atoms with van der Waals surface area (Å²) in [5, 5.41) is 14.0. The predicted molar refractivity (Wildman–Crippen MR) is 92.1 cm³/mol. The van der Waals surface area contributed by atoms with Crippen LogP contribution in [-0.2, 0) is 4.79 Å². The molecule has 1 aromatic rings. The van der Waals surface area contributed by atoms with Crippen LogP contribution in [0.3, 0.4) is 0 Å². The summed E-state index contributed by atoms with van der Waals surface area (Å²) in [6.45, 7) is 0.576. The van der Waals surface area contributed by atoms with E-state index in [1.807, 2.05) is 30.3 Å². The van der Waals surface area contributed by atoms with Crippen molar-refractivity contribution in [2.24, 2.45) is 5.92 Å². The second kappa shape index (κ2) is 7.96. The van der Waals surface area contributed by atoms with E-state index in [4.69, 9.17) is 0 Å². The van der Waals surface area contributed by atoms with Crippen LogP contribution >= 0.6 is 11.8 Å². The third-order valence-electron chi connectivity index (χ3n) is 4.72. The Bertz CT molecular complexity index is 586. The lowest BCUT2D eigenvalue weighted by atomic mass is 9.79. The molecule has 3 rings (SSSR count). The number of amides is 1. The van der Waals surface area contributed by atoms with Crippen LogP contribution in [0.15, 0.2) is 35.2 Å². The molecule has 1 aliphatic carbocycles. The molecule has 1 heterocycles. The van der Waals surface area contributed by atoms with Crippen LogP contribution in [0.5, 0.6) is 0 Å². The van der Waals surface area contributed by atoms with Gasteiger partial charge in [-0.15, -0.1) is 11.8 Å². The maximum Gasteiger partial charge on any atom is 0.238 e. The van der Waals surface area contributed by atoms with Gasteiger partial charge in [0, 0.05) is 46.9 Å². The summed E-state index contributed by atoms with van der Waals surface area (Å²) in [5.41, 5.74) is 6.15. The lowest BCUT2D eigenvalue weighted by Gasteiger charge is -2.28. The highest BCUT2D eigenvalue weighted by molar-refractivity contribution is 7.99. The molecule has 2 fully saturated rings. The summed E-state index contributed by atoms with van der Waals surface area (Å²) in [5.74, 6) is 0.699. The topological polar surface area (TPSA) is 96.3 Å². The van der Waals surface area contributed by atoms with Gasteiger partial charge in [0.2, 0.25) is 11.9 Å². The molecule has 1 amide bonds. The number of rotatable bonds is 6. The van der Waals surface area contributed by atoms with Gasteiger partial charge in [-0.05, 0) is 18.6 Å². The zero-order valence-electron chi connectivity index (χ0n) is 13.3. The molecule has 130 valence electrons. The van der Waals surface area contributed by atoms with Gasteiger partial charge in [0.25, 0.3) is 0 Å². The van der Waals surface area contributed by atoms with Crippen LogP contribution in [0.4, 0.5) is 0 Å². The SMILES string of the molecule is O=C(NCCSc1ccccc1)C1NNC2CCC([N+](=O)[O-])CC21. The fourth-order valence-electron chi connectivity index (χ4n) is 3.46. The minimum Gasteiger partial charge on any atom is -0.354 e. The number of hydrogen-bond donors (Lipinski definition) is 3. The van der Waals surface area contributed by atoms with Crippen molar-refractivity contribution < 1.29 is 9.72 Å². The van der Waals surface area contributed by atoms with E-state index >= 15 is 0 Å². The van der Waals surface area contributed by atoms with E-state index < -0.39 is 6.04 Å². The van der Waals surface area contributed by atoms with Crippen LogP contribution < -0.4 is 16.2 Å². The molecule has 3 N–H and O–H groups in total. The summed E-state index contributed by atoms with van der Waals surface area (Å²) in [7, 11) is 0. The lowest BCUT2D eigenvalue weighted by Crippen LogP contribution is -2.47. The first kappa shape index (κ1) is 17.2. The molecule has 0 radical (unpaired) electrons. The molecule has 1 aromatic carbocycles. The second-order valence-corrected chi connectivity index (χ2v) is 7.41. The summed E-state index contributed by atoms with van der Waals surface area (Å²) >= 11 is 1.69. The Morgan fingerprint density at radius 2 is 2.08 bits per heavy atom. The molecular weight excluding hydrogens is 328 g/mol. The Labute approximate surface area is 145 Å². The average Bonchev–Trinajstić information content (AvgIpc) is 3.02. The average molecular weight is 350 g/mol. The Balaban J connectivity index is 1.45. The molecular formula is C16H22N4O3S. The highest BCUT2D eigenvalue weighted by Gasteiger charge is 2.46. The Kier molecular flexibility index (Phi) is 5.70. The van der Waals surface area contributed by atoms with Crippen LogP contribution in [0.25, 0.3) is 0 Å². The minimum absolute atomic E-state index is 0.0177. The molecule has 8 heteroatoms. The van der Waals surface area contributed by atoms with Gasteiger partial charge in [-0.3, -0.25) is 20.3 Å². The van der Waals surface area contributed by atoms with Crippen molar-refractivity contribution in [1.29, 1.82) is 0 Å². The first-order chi connectivity index (χ1) is 11.6. The predicted octanol–water partition coefficient (Wildman–Crippen LogP) is 1.19. The number of nitrogens with zero attached hydrogens (tertiary/aromatic N) is 1. The number of benzene rings is 1. The number of fused-ring (bicyclic) bond motifs is 1. The normalized spacial score (nSPS) is 29.0. The van der Waals surface area contributed by atoms with E-state index in [1.54, 1.807) is 11.8 Å². The molecule has 1 saturated heterocycles. The molecule has 7 nitrogen and oxygen atoms in total. The number of hydrazine groups is 1.